The molecule has 4 nitrogen and oxygen atoms in total. The summed E-state index contributed by atoms with van der Waals surface area (Å²) in [7, 11) is 0. The third-order valence-electron chi connectivity index (χ3n) is 2.39. The second-order valence-corrected chi connectivity index (χ2v) is 3.63. The molecule has 1 atom stereocenters. The number of aromatic amines is 1. The van der Waals surface area contributed by atoms with Gasteiger partial charge in [0.1, 0.15) is 17.4 Å². The highest BCUT2D eigenvalue weighted by Crippen LogP contribution is 2.13. The number of nitrogens with zero attached hydrogens (tertiary/aromatic N) is 1. The molecule has 1 aromatic heterocycles. The molecule has 0 radical (unpaired) electrons. The number of hydrogen-bond donors (Lipinski definition) is 2. The second-order valence-electron chi connectivity index (χ2n) is 3.63. The van der Waals surface area contributed by atoms with Crippen molar-refractivity contribution >= 4 is 0 Å². The summed E-state index contributed by atoms with van der Waals surface area (Å²) in [6.07, 6.45) is 4.92. The molecule has 0 saturated carbocycles. The Morgan fingerprint density at radius 1 is 1.59 bits per heavy atom. The fourth-order valence-corrected chi connectivity index (χ4v) is 1.29. The summed E-state index contributed by atoms with van der Waals surface area (Å²) in [5.41, 5.74) is 0.413. The number of nitriles is 1. The largest absolute Gasteiger partial charge is 0.508 e. The smallest absolute Gasteiger partial charge is 0.266 e. The number of nitrogens with one attached hydrogen (secondary N) is 1. The van der Waals surface area contributed by atoms with Crippen LogP contribution in [0.15, 0.2) is 40.9 Å². The molecule has 0 fully saturated rings. The fourth-order valence-electron chi connectivity index (χ4n) is 1.29. The van der Waals surface area contributed by atoms with Gasteiger partial charge in [-0.15, -0.1) is 0 Å². The number of allylic oxidation sites excluding steroid dienone is 3. The van der Waals surface area contributed by atoms with E-state index >= 15 is 0 Å². The van der Waals surface area contributed by atoms with Gasteiger partial charge in [-0.25, -0.2) is 0 Å². The minimum absolute atomic E-state index is 0.0439. The van der Waals surface area contributed by atoms with Gasteiger partial charge < -0.3 is 10.1 Å². The van der Waals surface area contributed by atoms with Gasteiger partial charge in [-0.3, -0.25) is 4.79 Å². The summed E-state index contributed by atoms with van der Waals surface area (Å²) in [4.78, 5) is 14.0. The Labute approximate surface area is 99.5 Å². The monoisotopic (exact) mass is 230 g/mol. The highest BCUT2D eigenvalue weighted by atomic mass is 16.3. The van der Waals surface area contributed by atoms with Crippen molar-refractivity contribution in [2.24, 2.45) is 0 Å². The lowest BCUT2D eigenvalue weighted by Gasteiger charge is -2.06. The van der Waals surface area contributed by atoms with Gasteiger partial charge in [0.2, 0.25) is 0 Å². The zero-order chi connectivity index (χ0) is 12.8. The lowest BCUT2D eigenvalue weighted by molar-refractivity contribution is 0.431. The molecule has 1 unspecified atom stereocenters. The summed E-state index contributed by atoms with van der Waals surface area (Å²) in [6.45, 7) is 3.62. The van der Waals surface area contributed by atoms with Crippen LogP contribution in [-0.2, 0) is 0 Å². The molecule has 88 valence electrons. The van der Waals surface area contributed by atoms with E-state index in [0.29, 0.717) is 5.69 Å². The summed E-state index contributed by atoms with van der Waals surface area (Å²) in [5.74, 6) is 0.130. The van der Waals surface area contributed by atoms with Crippen LogP contribution in [0.3, 0.4) is 0 Å². The van der Waals surface area contributed by atoms with Crippen molar-refractivity contribution in [1.82, 2.24) is 4.98 Å². The molecule has 0 saturated heterocycles. The Bertz CT molecular complexity index is 547. The Kier molecular flexibility index (Phi) is 4.29. The number of aromatic nitrogens is 1. The van der Waals surface area contributed by atoms with E-state index in [1.807, 2.05) is 13.0 Å². The van der Waals surface area contributed by atoms with E-state index in [0.717, 1.165) is 0 Å². The first-order valence-corrected chi connectivity index (χ1v) is 5.25. The molecule has 0 bridgehead atoms. The summed E-state index contributed by atoms with van der Waals surface area (Å²) in [6, 6.07) is 5.00. The maximum absolute atomic E-state index is 11.4. The Hall–Kier alpha value is -2.28. The van der Waals surface area contributed by atoms with Gasteiger partial charge in [0.25, 0.3) is 5.56 Å². The fraction of sp³-hybridized carbons (Fsp3) is 0.231. The third kappa shape index (κ3) is 3.35. The van der Waals surface area contributed by atoms with Crippen molar-refractivity contribution in [1.29, 1.82) is 5.26 Å². The van der Waals surface area contributed by atoms with Crippen molar-refractivity contribution < 1.29 is 5.11 Å². The van der Waals surface area contributed by atoms with E-state index in [2.05, 4.69) is 4.98 Å². The molecule has 1 aromatic rings. The SMILES string of the molecule is C/C=C(O)\C=C/C(C)c1ccc(C#N)c(=O)[nH]1. The molecule has 4 heteroatoms. The Balaban J connectivity index is 2.95. The zero-order valence-corrected chi connectivity index (χ0v) is 9.77. The topological polar surface area (TPSA) is 76.9 Å². The minimum Gasteiger partial charge on any atom is -0.508 e. The maximum atomic E-state index is 11.4. The van der Waals surface area contributed by atoms with Crippen LogP contribution >= 0.6 is 0 Å². The van der Waals surface area contributed by atoms with E-state index in [-0.39, 0.29) is 22.8 Å². The van der Waals surface area contributed by atoms with Crippen LogP contribution in [0.25, 0.3) is 0 Å². The molecular weight excluding hydrogens is 216 g/mol. The van der Waals surface area contributed by atoms with Gasteiger partial charge >= 0.3 is 0 Å². The lowest BCUT2D eigenvalue weighted by atomic mass is 10.1. The molecule has 0 aliphatic rings. The highest BCUT2D eigenvalue weighted by Gasteiger charge is 2.05. The summed E-state index contributed by atoms with van der Waals surface area (Å²) < 4.78 is 0. The number of hydrogen-bond acceptors (Lipinski definition) is 3. The van der Waals surface area contributed by atoms with Gasteiger partial charge in [0.15, 0.2) is 0 Å². The van der Waals surface area contributed by atoms with Crippen LogP contribution < -0.4 is 5.56 Å². The molecule has 0 aromatic carbocycles. The average Bonchev–Trinajstić information content (AvgIpc) is 2.35. The molecule has 1 rings (SSSR count). The standard InChI is InChI=1S/C13H14N2O2/c1-3-11(16)6-4-9(2)12-7-5-10(8-14)13(17)15-12/h3-7,9,16H,1-2H3,(H,15,17)/b6-4-,11-3+. The normalized spacial score (nSPS) is 13.6. The Morgan fingerprint density at radius 3 is 2.82 bits per heavy atom. The van der Waals surface area contributed by atoms with Gasteiger partial charge in [0.05, 0.1) is 0 Å². The summed E-state index contributed by atoms with van der Waals surface area (Å²) >= 11 is 0. The van der Waals surface area contributed by atoms with Crippen LogP contribution in [0.4, 0.5) is 0 Å². The highest BCUT2D eigenvalue weighted by molar-refractivity contribution is 5.29. The van der Waals surface area contributed by atoms with Crippen molar-refractivity contribution in [3.05, 3.63) is 57.7 Å². The second kappa shape index (κ2) is 5.71. The van der Waals surface area contributed by atoms with Gasteiger partial charge in [-0.1, -0.05) is 13.0 Å². The first-order chi connectivity index (χ1) is 8.08. The van der Waals surface area contributed by atoms with E-state index in [1.165, 1.54) is 6.07 Å². The zero-order valence-electron chi connectivity index (χ0n) is 9.77. The molecule has 0 aliphatic carbocycles. The van der Waals surface area contributed by atoms with Crippen LogP contribution in [0.2, 0.25) is 0 Å². The maximum Gasteiger partial charge on any atom is 0.266 e. The van der Waals surface area contributed by atoms with Crippen LogP contribution in [0.1, 0.15) is 31.0 Å². The third-order valence-corrected chi connectivity index (χ3v) is 2.39. The van der Waals surface area contributed by atoms with Crippen molar-refractivity contribution in [2.75, 3.05) is 0 Å². The van der Waals surface area contributed by atoms with Crippen LogP contribution in [0.5, 0.6) is 0 Å². The van der Waals surface area contributed by atoms with E-state index in [1.54, 1.807) is 31.2 Å². The molecule has 17 heavy (non-hydrogen) atoms. The number of H-pyrrole nitrogens is 1. The quantitative estimate of drug-likeness (QED) is 0.618. The summed E-state index contributed by atoms with van der Waals surface area (Å²) in [5, 5.41) is 17.9. The first kappa shape index (κ1) is 12.8. The van der Waals surface area contributed by atoms with E-state index < -0.39 is 0 Å². The Morgan fingerprint density at radius 2 is 2.29 bits per heavy atom. The van der Waals surface area contributed by atoms with Gasteiger partial charge in [-0.2, -0.15) is 5.26 Å². The number of rotatable bonds is 3. The predicted octanol–water partition coefficient (Wildman–Crippen LogP) is 2.37. The van der Waals surface area contributed by atoms with Gasteiger partial charge in [0, 0.05) is 11.6 Å². The van der Waals surface area contributed by atoms with E-state index in [9.17, 15) is 9.90 Å². The first-order valence-electron chi connectivity index (χ1n) is 5.25. The van der Waals surface area contributed by atoms with Crippen molar-refractivity contribution in [3.63, 3.8) is 0 Å². The van der Waals surface area contributed by atoms with E-state index in [4.69, 9.17) is 5.26 Å². The molecule has 0 amide bonds. The van der Waals surface area contributed by atoms with Crippen LogP contribution in [-0.4, -0.2) is 10.1 Å². The lowest BCUT2D eigenvalue weighted by Crippen LogP contribution is -2.12. The van der Waals surface area contributed by atoms with Crippen molar-refractivity contribution in [2.45, 2.75) is 19.8 Å². The molecule has 0 spiro atoms. The number of aliphatic hydroxyl groups excluding tert-OH is 1. The minimum atomic E-state index is -0.388. The predicted molar refractivity (Wildman–Crippen MR) is 65.7 cm³/mol. The molecule has 2 N–H and O–H groups in total. The average molecular weight is 230 g/mol. The molecule has 0 aliphatic heterocycles. The number of aliphatic hydroxyl groups is 1. The molecular formula is C13H14N2O2. The van der Waals surface area contributed by atoms with Crippen LogP contribution in [0, 0.1) is 11.3 Å². The number of pyridine rings is 1. The van der Waals surface area contributed by atoms with Crippen molar-refractivity contribution in [3.8, 4) is 6.07 Å². The molecule has 1 heterocycles. The van der Waals surface area contributed by atoms with Gasteiger partial charge in [-0.05, 0) is 31.2 Å².